The molecule has 7 nitrogen and oxygen atoms in total. The molecule has 0 aliphatic carbocycles. The van der Waals surface area contributed by atoms with E-state index in [9.17, 15) is 19.6 Å². The third-order valence-electron chi connectivity index (χ3n) is 4.30. The first-order valence-corrected chi connectivity index (χ1v) is 10.9. The summed E-state index contributed by atoms with van der Waals surface area (Å²) < 4.78 is 10.1. The van der Waals surface area contributed by atoms with Gasteiger partial charge in [-0.3, -0.25) is 14.5 Å². The molecule has 2 aromatic rings. The van der Waals surface area contributed by atoms with Crippen LogP contribution in [0, 0.1) is 11.3 Å². The van der Waals surface area contributed by atoms with Crippen LogP contribution in [0.4, 0.5) is 4.79 Å². The number of carbonyl (C=O) groups is 3. The fourth-order valence-corrected chi connectivity index (χ4v) is 4.31. The number of nitriles is 1. The topological polar surface area (TPSA) is 96.7 Å². The summed E-state index contributed by atoms with van der Waals surface area (Å²) in [7, 11) is 0. The molecule has 0 unspecified atom stereocenters. The first-order valence-electron chi connectivity index (χ1n) is 9.34. The smallest absolute Gasteiger partial charge is 0.344 e. The van der Waals surface area contributed by atoms with Crippen LogP contribution in [0.5, 0.6) is 5.75 Å². The van der Waals surface area contributed by atoms with Gasteiger partial charge in [0.15, 0.2) is 12.4 Å². The Balaban J connectivity index is 1.78. The molecule has 0 N–H and O–H groups in total. The van der Waals surface area contributed by atoms with Crippen LogP contribution in [0.1, 0.15) is 23.6 Å². The first kappa shape index (κ1) is 23.7. The van der Waals surface area contributed by atoms with Gasteiger partial charge in [-0.2, -0.15) is 5.26 Å². The number of benzene rings is 2. The third kappa shape index (κ3) is 5.43. The molecule has 1 aliphatic rings. The van der Waals surface area contributed by atoms with Crippen molar-refractivity contribution in [2.75, 3.05) is 13.2 Å². The molecule has 10 heteroatoms. The van der Waals surface area contributed by atoms with Crippen molar-refractivity contribution in [3.05, 3.63) is 68.0 Å². The molecule has 1 heterocycles. The monoisotopic (exact) mass is 490 g/mol. The highest BCUT2D eigenvalue weighted by atomic mass is 35.5. The highest BCUT2D eigenvalue weighted by Gasteiger charge is 2.35. The van der Waals surface area contributed by atoms with E-state index in [0.717, 1.165) is 16.7 Å². The van der Waals surface area contributed by atoms with Crippen LogP contribution >= 0.6 is 35.0 Å². The lowest BCUT2D eigenvalue weighted by Gasteiger charge is -2.13. The highest BCUT2D eigenvalue weighted by molar-refractivity contribution is 8.18. The molecule has 0 saturated carbocycles. The molecule has 32 heavy (non-hydrogen) atoms. The molecular weight excluding hydrogens is 475 g/mol. The number of thioether (sulfide) groups is 1. The molecule has 0 radical (unpaired) electrons. The van der Waals surface area contributed by atoms with Gasteiger partial charge >= 0.3 is 5.97 Å². The van der Waals surface area contributed by atoms with Crippen molar-refractivity contribution in [1.82, 2.24) is 4.90 Å². The van der Waals surface area contributed by atoms with E-state index in [1.54, 1.807) is 31.2 Å². The van der Waals surface area contributed by atoms with E-state index in [4.69, 9.17) is 32.7 Å². The summed E-state index contributed by atoms with van der Waals surface area (Å²) in [5.41, 5.74) is 1.45. The summed E-state index contributed by atoms with van der Waals surface area (Å²) in [6.07, 6.45) is 1.49. The zero-order valence-electron chi connectivity index (χ0n) is 16.8. The van der Waals surface area contributed by atoms with Crippen molar-refractivity contribution in [2.24, 2.45) is 0 Å². The normalized spacial score (nSPS) is 14.6. The Bertz CT molecular complexity index is 1140. The predicted molar refractivity (Wildman–Crippen MR) is 121 cm³/mol. The molecule has 0 bridgehead atoms. The minimum Gasteiger partial charge on any atom is -0.479 e. The van der Waals surface area contributed by atoms with Crippen LogP contribution in [-0.4, -0.2) is 35.2 Å². The number of imide groups is 1. The molecule has 1 fully saturated rings. The summed E-state index contributed by atoms with van der Waals surface area (Å²) >= 11 is 13.2. The number of amides is 2. The van der Waals surface area contributed by atoms with Crippen LogP contribution in [0.2, 0.25) is 10.0 Å². The standard InChI is InChI=1S/C22H16Cl2N2O5S/c1-2-30-19(27)12-31-20-16(23)7-13(8-17(20)24)9-18-21(28)26(22(29)32-18)11-15-6-4-3-5-14(15)10-25/h3-9H,2,11-12H2,1H3/b18-9-. The second kappa shape index (κ2) is 10.6. The van der Waals surface area contributed by atoms with Crippen molar-refractivity contribution < 1.29 is 23.9 Å². The van der Waals surface area contributed by atoms with E-state index < -0.39 is 17.1 Å². The lowest BCUT2D eigenvalue weighted by molar-refractivity contribution is -0.145. The summed E-state index contributed by atoms with van der Waals surface area (Å²) in [6, 6.07) is 11.8. The van der Waals surface area contributed by atoms with Crippen molar-refractivity contribution in [3.8, 4) is 11.8 Å². The zero-order valence-corrected chi connectivity index (χ0v) is 19.1. The zero-order chi connectivity index (χ0) is 23.3. The number of esters is 1. The number of hydrogen-bond donors (Lipinski definition) is 0. The number of carbonyl (C=O) groups excluding carboxylic acids is 3. The minimum absolute atomic E-state index is 0.00606. The molecule has 1 aliphatic heterocycles. The van der Waals surface area contributed by atoms with Gasteiger partial charge in [0.25, 0.3) is 11.1 Å². The molecule has 1 saturated heterocycles. The Labute approximate surface area is 198 Å². The summed E-state index contributed by atoms with van der Waals surface area (Å²) in [5.74, 6) is -0.933. The third-order valence-corrected chi connectivity index (χ3v) is 5.77. The minimum atomic E-state index is -0.560. The predicted octanol–water partition coefficient (Wildman–Crippen LogP) is 5.04. The summed E-state index contributed by atoms with van der Waals surface area (Å²) in [5, 5.41) is 9.05. The first-order chi connectivity index (χ1) is 15.3. The Morgan fingerprint density at radius 3 is 2.56 bits per heavy atom. The molecule has 0 spiro atoms. The number of ether oxygens (including phenoxy) is 2. The van der Waals surface area contributed by atoms with Gasteiger partial charge in [0.05, 0.1) is 39.7 Å². The number of rotatable bonds is 7. The van der Waals surface area contributed by atoms with Crippen LogP contribution in [0.3, 0.4) is 0 Å². The van der Waals surface area contributed by atoms with Gasteiger partial charge in [-0.1, -0.05) is 41.4 Å². The van der Waals surface area contributed by atoms with Gasteiger partial charge in [-0.15, -0.1) is 0 Å². The molecule has 3 rings (SSSR count). The molecule has 2 amide bonds. The maximum Gasteiger partial charge on any atom is 0.344 e. The molecule has 0 atom stereocenters. The van der Waals surface area contributed by atoms with Gasteiger partial charge in [0.1, 0.15) is 0 Å². The lowest BCUT2D eigenvalue weighted by atomic mass is 10.1. The Morgan fingerprint density at radius 1 is 1.22 bits per heavy atom. The molecule has 0 aromatic heterocycles. The SMILES string of the molecule is CCOC(=O)COc1c(Cl)cc(/C=C2\SC(=O)N(Cc3ccccc3C#N)C2=O)cc1Cl. The average molecular weight is 491 g/mol. The van der Waals surface area contributed by atoms with Gasteiger partial charge in [-0.05, 0) is 54.1 Å². The Kier molecular flexibility index (Phi) is 7.80. The van der Waals surface area contributed by atoms with Crippen molar-refractivity contribution in [2.45, 2.75) is 13.5 Å². The van der Waals surface area contributed by atoms with Crippen LogP contribution in [0.25, 0.3) is 6.08 Å². The fourth-order valence-electron chi connectivity index (χ4n) is 2.86. The van der Waals surface area contributed by atoms with E-state index in [2.05, 4.69) is 6.07 Å². The quantitative estimate of drug-likeness (QED) is 0.395. The summed E-state index contributed by atoms with van der Waals surface area (Å²) in [6.45, 7) is 1.54. The second-order valence-corrected chi connectivity index (χ2v) is 8.25. The highest BCUT2D eigenvalue weighted by Crippen LogP contribution is 2.38. The van der Waals surface area contributed by atoms with E-state index in [-0.39, 0.29) is 40.5 Å². The maximum atomic E-state index is 12.8. The van der Waals surface area contributed by atoms with Crippen molar-refractivity contribution in [3.63, 3.8) is 0 Å². The lowest BCUT2D eigenvalue weighted by Crippen LogP contribution is -2.27. The molecule has 164 valence electrons. The maximum absolute atomic E-state index is 12.8. The van der Waals surface area contributed by atoms with Crippen molar-refractivity contribution in [1.29, 1.82) is 5.26 Å². The van der Waals surface area contributed by atoms with Gasteiger partial charge < -0.3 is 9.47 Å². The van der Waals surface area contributed by atoms with Gasteiger partial charge in [0, 0.05) is 0 Å². The van der Waals surface area contributed by atoms with Crippen LogP contribution in [-0.2, 0) is 20.9 Å². The van der Waals surface area contributed by atoms with E-state index in [1.807, 2.05) is 0 Å². The summed E-state index contributed by atoms with van der Waals surface area (Å²) in [4.78, 5) is 37.9. The Morgan fingerprint density at radius 2 is 1.91 bits per heavy atom. The van der Waals surface area contributed by atoms with E-state index in [1.165, 1.54) is 18.2 Å². The average Bonchev–Trinajstić information content (AvgIpc) is 3.01. The number of nitrogens with zero attached hydrogens (tertiary/aromatic N) is 2. The van der Waals surface area contributed by atoms with Gasteiger partial charge in [-0.25, -0.2) is 4.79 Å². The fraction of sp³-hybridized carbons (Fsp3) is 0.182. The largest absolute Gasteiger partial charge is 0.479 e. The Hall–Kier alpha value is -2.99. The second-order valence-electron chi connectivity index (χ2n) is 6.44. The van der Waals surface area contributed by atoms with Crippen LogP contribution in [0.15, 0.2) is 41.3 Å². The van der Waals surface area contributed by atoms with E-state index >= 15 is 0 Å². The van der Waals surface area contributed by atoms with E-state index in [0.29, 0.717) is 16.7 Å². The van der Waals surface area contributed by atoms with Crippen molar-refractivity contribution >= 4 is 58.2 Å². The molecular formula is C22H16Cl2N2O5S. The number of halogens is 2. The number of hydrogen-bond acceptors (Lipinski definition) is 7. The van der Waals surface area contributed by atoms with Gasteiger partial charge in [0.2, 0.25) is 0 Å². The van der Waals surface area contributed by atoms with Crippen LogP contribution < -0.4 is 4.74 Å². The molecule has 2 aromatic carbocycles.